The molecule has 98 valence electrons. The smallest absolute Gasteiger partial charge is 0.270 e. The lowest BCUT2D eigenvalue weighted by atomic mass is 10.1. The van der Waals surface area contributed by atoms with Crippen LogP contribution < -0.4 is 5.01 Å². The Balaban J connectivity index is 2.05. The van der Waals surface area contributed by atoms with E-state index in [1.54, 1.807) is 0 Å². The third kappa shape index (κ3) is 1.91. The van der Waals surface area contributed by atoms with Gasteiger partial charge in [0.05, 0.1) is 5.69 Å². The Labute approximate surface area is 111 Å². The summed E-state index contributed by atoms with van der Waals surface area (Å²) in [5.74, 6) is 0.250. The highest BCUT2D eigenvalue weighted by molar-refractivity contribution is 6.39. The number of benzene rings is 1. The molecule has 2 aliphatic heterocycles. The molecule has 1 fully saturated rings. The molecule has 1 amide bonds. The van der Waals surface area contributed by atoms with E-state index in [1.165, 1.54) is 11.9 Å². The Morgan fingerprint density at radius 2 is 2.05 bits per heavy atom. The molecule has 1 saturated heterocycles. The average Bonchev–Trinajstić information content (AvgIpc) is 2.89. The lowest BCUT2D eigenvalue weighted by Gasteiger charge is -2.34. The molecule has 0 N–H and O–H groups in total. The van der Waals surface area contributed by atoms with E-state index < -0.39 is 0 Å². The van der Waals surface area contributed by atoms with Crippen LogP contribution in [-0.2, 0) is 9.59 Å². The SMILES string of the molecule is CC(=O)C1=NN(c2ccccc2)C(=O)C2CCCN12. The van der Waals surface area contributed by atoms with Gasteiger partial charge in [-0.2, -0.15) is 5.01 Å². The van der Waals surface area contributed by atoms with Crippen LogP contribution in [0, 0.1) is 0 Å². The third-order valence-corrected chi connectivity index (χ3v) is 3.53. The van der Waals surface area contributed by atoms with Crippen molar-refractivity contribution in [3.05, 3.63) is 30.3 Å². The van der Waals surface area contributed by atoms with Crippen LogP contribution in [0.2, 0.25) is 0 Å². The first-order valence-electron chi connectivity index (χ1n) is 6.43. The molecule has 0 bridgehead atoms. The molecule has 0 radical (unpaired) electrons. The maximum absolute atomic E-state index is 12.4. The quantitative estimate of drug-likeness (QED) is 0.804. The van der Waals surface area contributed by atoms with E-state index in [0.717, 1.165) is 19.4 Å². The Hall–Kier alpha value is -2.17. The minimum absolute atomic E-state index is 0.0475. The molecule has 19 heavy (non-hydrogen) atoms. The molecule has 0 saturated carbocycles. The summed E-state index contributed by atoms with van der Waals surface area (Å²) in [5, 5.41) is 5.62. The van der Waals surface area contributed by atoms with Crippen LogP contribution in [0.15, 0.2) is 35.4 Å². The predicted octanol–water partition coefficient (Wildman–Crippen LogP) is 1.40. The molecule has 5 heteroatoms. The van der Waals surface area contributed by atoms with Gasteiger partial charge in [0.2, 0.25) is 0 Å². The van der Waals surface area contributed by atoms with Gasteiger partial charge in [-0.05, 0) is 25.0 Å². The molecule has 2 heterocycles. The normalized spacial score (nSPS) is 22.3. The summed E-state index contributed by atoms with van der Waals surface area (Å²) >= 11 is 0. The molecular formula is C14H15N3O2. The van der Waals surface area contributed by atoms with Crippen molar-refractivity contribution in [1.82, 2.24) is 4.90 Å². The van der Waals surface area contributed by atoms with Gasteiger partial charge < -0.3 is 4.90 Å². The van der Waals surface area contributed by atoms with Gasteiger partial charge >= 0.3 is 0 Å². The fourth-order valence-electron chi connectivity index (χ4n) is 2.65. The van der Waals surface area contributed by atoms with Crippen LogP contribution in [-0.4, -0.2) is 35.0 Å². The van der Waals surface area contributed by atoms with Crippen molar-refractivity contribution in [2.45, 2.75) is 25.8 Å². The van der Waals surface area contributed by atoms with Crippen molar-refractivity contribution in [2.75, 3.05) is 11.6 Å². The number of amidine groups is 1. The van der Waals surface area contributed by atoms with Crippen LogP contribution in [0.25, 0.3) is 0 Å². The van der Waals surface area contributed by atoms with Crippen LogP contribution in [0.3, 0.4) is 0 Å². The lowest BCUT2D eigenvalue weighted by molar-refractivity contribution is -0.122. The number of fused-ring (bicyclic) bond motifs is 1. The number of Topliss-reactive ketones (excluding diaryl/α,β-unsaturated/α-hetero) is 1. The summed E-state index contributed by atoms with van der Waals surface area (Å²) in [6.45, 7) is 2.23. The zero-order valence-corrected chi connectivity index (χ0v) is 10.7. The lowest BCUT2D eigenvalue weighted by Crippen LogP contribution is -2.53. The zero-order chi connectivity index (χ0) is 13.4. The van der Waals surface area contributed by atoms with Crippen molar-refractivity contribution in [1.29, 1.82) is 0 Å². The van der Waals surface area contributed by atoms with E-state index in [9.17, 15) is 9.59 Å². The highest BCUT2D eigenvalue weighted by Gasteiger charge is 2.41. The molecule has 1 atom stereocenters. The first-order chi connectivity index (χ1) is 9.18. The summed E-state index contributed by atoms with van der Waals surface area (Å²) in [6, 6.07) is 9.00. The molecular weight excluding hydrogens is 242 g/mol. The molecule has 2 aliphatic rings. The largest absolute Gasteiger partial charge is 0.340 e. The molecule has 0 aromatic heterocycles. The minimum atomic E-state index is -0.239. The number of ketones is 1. The number of carbonyl (C=O) groups is 2. The van der Waals surface area contributed by atoms with Crippen LogP contribution in [0.1, 0.15) is 19.8 Å². The molecule has 5 nitrogen and oxygen atoms in total. The molecule has 0 spiro atoms. The van der Waals surface area contributed by atoms with E-state index in [4.69, 9.17) is 0 Å². The second kappa shape index (κ2) is 4.50. The molecule has 1 aromatic carbocycles. The molecule has 1 unspecified atom stereocenters. The van der Waals surface area contributed by atoms with Crippen molar-refractivity contribution in [3.63, 3.8) is 0 Å². The van der Waals surface area contributed by atoms with E-state index in [2.05, 4.69) is 5.10 Å². The van der Waals surface area contributed by atoms with Gasteiger partial charge in [0.15, 0.2) is 11.6 Å². The monoisotopic (exact) mass is 257 g/mol. The highest BCUT2D eigenvalue weighted by atomic mass is 16.2. The zero-order valence-electron chi connectivity index (χ0n) is 10.7. The summed E-state index contributed by atoms with van der Waals surface area (Å²) < 4.78 is 0. The highest BCUT2D eigenvalue weighted by Crippen LogP contribution is 2.27. The molecule has 3 rings (SSSR count). The maximum Gasteiger partial charge on any atom is 0.270 e. The summed E-state index contributed by atoms with van der Waals surface area (Å²) in [4.78, 5) is 26.0. The van der Waals surface area contributed by atoms with Gasteiger partial charge in [0.25, 0.3) is 5.91 Å². The van der Waals surface area contributed by atoms with Gasteiger partial charge in [0, 0.05) is 13.5 Å². The van der Waals surface area contributed by atoms with E-state index in [1.807, 2.05) is 35.2 Å². The summed E-state index contributed by atoms with van der Waals surface area (Å²) in [6.07, 6.45) is 1.71. The third-order valence-electron chi connectivity index (χ3n) is 3.53. The fourth-order valence-corrected chi connectivity index (χ4v) is 2.65. The Bertz CT molecular complexity index is 553. The van der Waals surface area contributed by atoms with Gasteiger partial charge in [0.1, 0.15) is 6.04 Å². The van der Waals surface area contributed by atoms with Gasteiger partial charge in [-0.3, -0.25) is 9.59 Å². The summed E-state index contributed by atoms with van der Waals surface area (Å²) in [5.41, 5.74) is 0.706. The van der Waals surface area contributed by atoms with Crippen LogP contribution in [0.5, 0.6) is 0 Å². The molecule has 0 aliphatic carbocycles. The standard InChI is InChI=1S/C14H15N3O2/c1-10(18)13-15-17(11-6-3-2-4-7-11)14(19)12-8-5-9-16(12)13/h2-4,6-7,12H,5,8-9H2,1H3. The number of hydrogen-bond acceptors (Lipinski definition) is 4. The average molecular weight is 257 g/mol. The number of nitrogens with zero attached hydrogens (tertiary/aromatic N) is 3. The maximum atomic E-state index is 12.4. The fraction of sp³-hybridized carbons (Fsp3) is 0.357. The second-order valence-corrected chi connectivity index (χ2v) is 4.82. The summed E-state index contributed by atoms with van der Waals surface area (Å²) in [7, 11) is 0. The Morgan fingerprint density at radius 3 is 2.74 bits per heavy atom. The van der Waals surface area contributed by atoms with Crippen molar-refractivity contribution < 1.29 is 9.59 Å². The minimum Gasteiger partial charge on any atom is -0.340 e. The Kier molecular flexibility index (Phi) is 2.81. The van der Waals surface area contributed by atoms with Crippen molar-refractivity contribution >= 4 is 23.2 Å². The predicted molar refractivity (Wildman–Crippen MR) is 71.8 cm³/mol. The number of para-hydroxylation sites is 1. The van der Waals surface area contributed by atoms with Crippen LogP contribution >= 0.6 is 0 Å². The first kappa shape index (κ1) is 11.9. The van der Waals surface area contributed by atoms with E-state index in [-0.39, 0.29) is 17.7 Å². The van der Waals surface area contributed by atoms with Gasteiger partial charge in [-0.15, -0.1) is 5.10 Å². The number of hydrogen-bond donors (Lipinski definition) is 0. The number of carbonyl (C=O) groups excluding carboxylic acids is 2. The van der Waals surface area contributed by atoms with Gasteiger partial charge in [-0.25, -0.2) is 0 Å². The second-order valence-electron chi connectivity index (χ2n) is 4.82. The van der Waals surface area contributed by atoms with E-state index >= 15 is 0 Å². The number of hydrazone groups is 1. The van der Waals surface area contributed by atoms with Crippen molar-refractivity contribution in [3.8, 4) is 0 Å². The number of rotatable bonds is 2. The first-order valence-corrected chi connectivity index (χ1v) is 6.43. The number of anilines is 1. The Morgan fingerprint density at radius 1 is 1.32 bits per heavy atom. The van der Waals surface area contributed by atoms with Crippen LogP contribution in [0.4, 0.5) is 5.69 Å². The number of amides is 1. The van der Waals surface area contributed by atoms with Gasteiger partial charge in [-0.1, -0.05) is 18.2 Å². The topological polar surface area (TPSA) is 53.0 Å². The van der Waals surface area contributed by atoms with E-state index in [0.29, 0.717) is 11.5 Å². The molecule has 1 aromatic rings. The van der Waals surface area contributed by atoms with Crippen molar-refractivity contribution in [2.24, 2.45) is 5.10 Å².